The molecule has 0 bridgehead atoms. The maximum absolute atomic E-state index is 5.74. The summed E-state index contributed by atoms with van der Waals surface area (Å²) in [6.45, 7) is 7.45. The van der Waals surface area contributed by atoms with Crippen LogP contribution < -0.4 is 14.4 Å². The van der Waals surface area contributed by atoms with Gasteiger partial charge in [0.1, 0.15) is 0 Å². The number of morpholine rings is 1. The summed E-state index contributed by atoms with van der Waals surface area (Å²) in [5, 5.41) is 0. The van der Waals surface area contributed by atoms with E-state index in [4.69, 9.17) is 14.2 Å². The number of anilines is 1. The molecular weight excluding hydrogens is 328 g/mol. The van der Waals surface area contributed by atoms with Crippen LogP contribution in [0.4, 0.5) is 11.4 Å². The largest absolute Gasteiger partial charge is 0.493 e. The predicted molar refractivity (Wildman–Crippen MR) is 105 cm³/mol. The molecule has 1 fully saturated rings. The molecule has 0 spiro atoms. The summed E-state index contributed by atoms with van der Waals surface area (Å²) in [4.78, 5) is 6.89. The fourth-order valence-electron chi connectivity index (χ4n) is 2.84. The monoisotopic (exact) mass is 354 g/mol. The minimum absolute atomic E-state index is 0.105. The van der Waals surface area contributed by atoms with Crippen LogP contribution in [0.2, 0.25) is 0 Å². The summed E-state index contributed by atoms with van der Waals surface area (Å²) >= 11 is 0. The van der Waals surface area contributed by atoms with Crippen molar-refractivity contribution in [2.45, 2.75) is 20.0 Å². The Kier molecular flexibility index (Phi) is 6.12. The molecule has 1 heterocycles. The maximum Gasteiger partial charge on any atom is 0.161 e. The van der Waals surface area contributed by atoms with Crippen LogP contribution in [0.25, 0.3) is 0 Å². The average Bonchev–Trinajstić information content (AvgIpc) is 2.68. The molecule has 2 aromatic rings. The molecule has 1 aliphatic rings. The van der Waals surface area contributed by atoms with Gasteiger partial charge in [-0.1, -0.05) is 0 Å². The third kappa shape index (κ3) is 4.76. The molecule has 0 atom stereocenters. The molecule has 0 N–H and O–H groups in total. The highest BCUT2D eigenvalue weighted by Crippen LogP contribution is 2.29. The molecule has 2 aromatic carbocycles. The van der Waals surface area contributed by atoms with Crippen LogP contribution in [0.15, 0.2) is 47.5 Å². The lowest BCUT2D eigenvalue weighted by molar-refractivity contribution is 0.122. The van der Waals surface area contributed by atoms with Crippen LogP contribution in [0.1, 0.15) is 19.4 Å². The SMILES string of the molecule is COc1cc(C=Nc2ccc(N3CCOCC3)cc2)ccc1OC(C)C. The minimum atomic E-state index is 0.105. The van der Waals surface area contributed by atoms with Gasteiger partial charge in [-0.25, -0.2) is 0 Å². The van der Waals surface area contributed by atoms with Gasteiger partial charge in [-0.2, -0.15) is 0 Å². The molecule has 0 aromatic heterocycles. The second kappa shape index (κ2) is 8.72. The van der Waals surface area contributed by atoms with Gasteiger partial charge in [0.15, 0.2) is 11.5 Å². The van der Waals surface area contributed by atoms with Crippen molar-refractivity contribution in [1.82, 2.24) is 0 Å². The van der Waals surface area contributed by atoms with Crippen LogP contribution in [0.5, 0.6) is 11.5 Å². The molecule has 0 aliphatic carbocycles. The van der Waals surface area contributed by atoms with Crippen molar-refractivity contribution in [3.05, 3.63) is 48.0 Å². The zero-order chi connectivity index (χ0) is 18.4. The standard InChI is InChI=1S/C21H26N2O3/c1-16(2)26-20-9-4-17(14-21(20)24-3)15-22-18-5-7-19(8-6-18)23-10-12-25-13-11-23/h4-9,14-16H,10-13H2,1-3H3. The van der Waals surface area contributed by atoms with Crippen molar-refractivity contribution < 1.29 is 14.2 Å². The number of methoxy groups -OCH3 is 1. The first-order valence-electron chi connectivity index (χ1n) is 8.97. The van der Waals surface area contributed by atoms with Crippen molar-refractivity contribution >= 4 is 17.6 Å². The molecule has 0 amide bonds. The number of rotatable bonds is 6. The summed E-state index contributed by atoms with van der Waals surface area (Å²) in [5.41, 5.74) is 3.10. The summed E-state index contributed by atoms with van der Waals surface area (Å²) < 4.78 is 16.6. The number of ether oxygens (including phenoxy) is 3. The van der Waals surface area contributed by atoms with E-state index in [1.807, 2.05) is 50.4 Å². The van der Waals surface area contributed by atoms with Gasteiger partial charge in [-0.05, 0) is 61.9 Å². The van der Waals surface area contributed by atoms with E-state index >= 15 is 0 Å². The zero-order valence-corrected chi connectivity index (χ0v) is 15.6. The number of benzene rings is 2. The lowest BCUT2D eigenvalue weighted by Crippen LogP contribution is -2.36. The van der Waals surface area contributed by atoms with Crippen LogP contribution in [-0.2, 0) is 4.74 Å². The van der Waals surface area contributed by atoms with Gasteiger partial charge in [0.25, 0.3) is 0 Å². The molecule has 0 radical (unpaired) electrons. The normalized spacial score (nSPS) is 14.8. The molecule has 1 aliphatic heterocycles. The summed E-state index contributed by atoms with van der Waals surface area (Å²) in [5.74, 6) is 1.46. The average molecular weight is 354 g/mol. The fraction of sp³-hybridized carbons (Fsp3) is 0.381. The molecule has 138 valence electrons. The Morgan fingerprint density at radius 2 is 1.77 bits per heavy atom. The Balaban J connectivity index is 1.69. The third-order valence-corrected chi connectivity index (χ3v) is 4.14. The van der Waals surface area contributed by atoms with Gasteiger partial charge in [0.05, 0.1) is 32.1 Å². The van der Waals surface area contributed by atoms with E-state index in [9.17, 15) is 0 Å². The van der Waals surface area contributed by atoms with Crippen molar-refractivity contribution in [3.63, 3.8) is 0 Å². The molecule has 1 saturated heterocycles. The highest BCUT2D eigenvalue weighted by molar-refractivity contribution is 5.83. The van der Waals surface area contributed by atoms with E-state index in [2.05, 4.69) is 22.0 Å². The molecule has 0 unspecified atom stereocenters. The van der Waals surface area contributed by atoms with Gasteiger partial charge >= 0.3 is 0 Å². The fourth-order valence-corrected chi connectivity index (χ4v) is 2.84. The Morgan fingerprint density at radius 1 is 1.04 bits per heavy atom. The first-order chi connectivity index (χ1) is 12.7. The molecular formula is C21H26N2O3. The maximum atomic E-state index is 5.74. The lowest BCUT2D eigenvalue weighted by atomic mass is 10.2. The van der Waals surface area contributed by atoms with Crippen molar-refractivity contribution in [2.75, 3.05) is 38.3 Å². The second-order valence-electron chi connectivity index (χ2n) is 6.45. The lowest BCUT2D eigenvalue weighted by Gasteiger charge is -2.28. The van der Waals surface area contributed by atoms with E-state index in [0.717, 1.165) is 43.3 Å². The Hall–Kier alpha value is -2.53. The smallest absolute Gasteiger partial charge is 0.161 e. The summed E-state index contributed by atoms with van der Waals surface area (Å²) in [6, 6.07) is 14.1. The quantitative estimate of drug-likeness (QED) is 0.734. The Bertz CT molecular complexity index is 735. The first kappa shape index (κ1) is 18.3. The topological polar surface area (TPSA) is 43.3 Å². The highest BCUT2D eigenvalue weighted by atomic mass is 16.5. The molecule has 26 heavy (non-hydrogen) atoms. The molecule has 3 rings (SSSR count). The van der Waals surface area contributed by atoms with Gasteiger partial charge in [-0.15, -0.1) is 0 Å². The van der Waals surface area contributed by atoms with Crippen molar-refractivity contribution in [2.24, 2.45) is 4.99 Å². The second-order valence-corrected chi connectivity index (χ2v) is 6.45. The van der Waals surface area contributed by atoms with Crippen LogP contribution >= 0.6 is 0 Å². The Morgan fingerprint density at radius 3 is 2.42 bits per heavy atom. The predicted octanol–water partition coefficient (Wildman–Crippen LogP) is 4.07. The molecule has 5 nitrogen and oxygen atoms in total. The number of aliphatic imine (C=N–C) groups is 1. The summed E-state index contributed by atoms with van der Waals surface area (Å²) in [7, 11) is 1.65. The van der Waals surface area contributed by atoms with E-state index < -0.39 is 0 Å². The first-order valence-corrected chi connectivity index (χ1v) is 8.97. The summed E-state index contributed by atoms with van der Waals surface area (Å²) in [6.07, 6.45) is 1.94. The highest BCUT2D eigenvalue weighted by Gasteiger charge is 2.10. The third-order valence-electron chi connectivity index (χ3n) is 4.14. The van der Waals surface area contributed by atoms with E-state index in [0.29, 0.717) is 5.75 Å². The van der Waals surface area contributed by atoms with Gasteiger partial charge < -0.3 is 19.1 Å². The Labute approximate surface area is 155 Å². The number of nitrogens with zero attached hydrogens (tertiary/aromatic N) is 2. The van der Waals surface area contributed by atoms with Crippen LogP contribution in [0.3, 0.4) is 0 Å². The van der Waals surface area contributed by atoms with Gasteiger partial charge in [-0.3, -0.25) is 4.99 Å². The molecule has 0 saturated carbocycles. The van der Waals surface area contributed by atoms with Crippen LogP contribution in [0, 0.1) is 0 Å². The van der Waals surface area contributed by atoms with E-state index in [-0.39, 0.29) is 6.10 Å². The number of hydrogen-bond acceptors (Lipinski definition) is 5. The number of hydrogen-bond donors (Lipinski definition) is 0. The van der Waals surface area contributed by atoms with E-state index in [1.165, 1.54) is 5.69 Å². The zero-order valence-electron chi connectivity index (χ0n) is 15.6. The van der Waals surface area contributed by atoms with Gasteiger partial charge in [0.2, 0.25) is 0 Å². The van der Waals surface area contributed by atoms with Crippen molar-refractivity contribution in [3.8, 4) is 11.5 Å². The van der Waals surface area contributed by atoms with Crippen molar-refractivity contribution in [1.29, 1.82) is 0 Å². The minimum Gasteiger partial charge on any atom is -0.493 e. The van der Waals surface area contributed by atoms with Gasteiger partial charge in [0, 0.05) is 25.0 Å². The van der Waals surface area contributed by atoms with Crippen LogP contribution in [-0.4, -0.2) is 45.7 Å². The molecule has 5 heteroatoms. The van der Waals surface area contributed by atoms with E-state index in [1.54, 1.807) is 7.11 Å².